The molecule has 5 nitrogen and oxygen atoms in total. The van der Waals surface area contributed by atoms with Gasteiger partial charge in [-0.3, -0.25) is 0 Å². The van der Waals surface area contributed by atoms with E-state index in [-0.39, 0.29) is 0 Å². The van der Waals surface area contributed by atoms with E-state index in [1.165, 1.54) is 0 Å². The largest absolute Gasteiger partial charge is 0.380 e. The molecule has 0 unspecified atom stereocenters. The van der Waals surface area contributed by atoms with Gasteiger partial charge in [0.25, 0.3) is 0 Å². The van der Waals surface area contributed by atoms with Gasteiger partial charge in [-0.05, 0) is 19.3 Å². The molecular formula is C12H23N3O2. The quantitative estimate of drug-likeness (QED) is 0.665. The summed E-state index contributed by atoms with van der Waals surface area (Å²) in [5.74, 6) is 2.09. The molecule has 0 spiro atoms. The van der Waals surface area contributed by atoms with E-state index in [2.05, 4.69) is 29.3 Å². The normalized spacial score (nSPS) is 11.3. The van der Waals surface area contributed by atoms with Crippen molar-refractivity contribution in [1.29, 1.82) is 0 Å². The molecule has 17 heavy (non-hydrogen) atoms. The summed E-state index contributed by atoms with van der Waals surface area (Å²) < 4.78 is 10.5. The predicted molar refractivity (Wildman–Crippen MR) is 65.9 cm³/mol. The van der Waals surface area contributed by atoms with Crippen molar-refractivity contribution in [3.63, 3.8) is 0 Å². The van der Waals surface area contributed by atoms with Crippen LogP contribution < -0.4 is 5.32 Å². The molecule has 5 heteroatoms. The van der Waals surface area contributed by atoms with Crippen LogP contribution in [0.4, 0.5) is 0 Å². The minimum absolute atomic E-state index is 0.690. The molecule has 1 heterocycles. The van der Waals surface area contributed by atoms with Gasteiger partial charge in [-0.15, -0.1) is 0 Å². The van der Waals surface area contributed by atoms with Crippen LogP contribution in [0.1, 0.15) is 32.0 Å². The third kappa shape index (κ3) is 7.07. The molecule has 0 aliphatic carbocycles. The van der Waals surface area contributed by atoms with E-state index >= 15 is 0 Å². The average molecular weight is 241 g/mol. The average Bonchev–Trinajstić information content (AvgIpc) is 2.68. The second kappa shape index (κ2) is 8.20. The third-order valence-electron chi connectivity index (χ3n) is 2.35. The Labute approximate surface area is 103 Å². The van der Waals surface area contributed by atoms with Crippen LogP contribution in [-0.4, -0.2) is 36.4 Å². The molecule has 0 radical (unpaired) electrons. The summed E-state index contributed by atoms with van der Waals surface area (Å²) in [5, 5.41) is 7.01. The maximum Gasteiger partial charge on any atom is 0.227 e. The molecule has 1 rings (SSSR count). The summed E-state index contributed by atoms with van der Waals surface area (Å²) in [6.45, 7) is 9.54. The summed E-state index contributed by atoms with van der Waals surface area (Å²) >= 11 is 0. The van der Waals surface area contributed by atoms with E-state index in [1.807, 2.05) is 6.92 Å². The van der Waals surface area contributed by atoms with Crippen molar-refractivity contribution in [2.75, 3.05) is 26.3 Å². The second-order valence-electron chi connectivity index (χ2n) is 4.53. The highest BCUT2D eigenvalue weighted by Crippen LogP contribution is 1.98. The molecule has 0 saturated carbocycles. The molecule has 0 aliphatic heterocycles. The van der Waals surface area contributed by atoms with Crippen molar-refractivity contribution in [3.05, 3.63) is 11.7 Å². The third-order valence-corrected chi connectivity index (χ3v) is 2.35. The molecule has 1 N–H and O–H groups in total. The number of hydrogen-bond donors (Lipinski definition) is 1. The van der Waals surface area contributed by atoms with Crippen LogP contribution >= 0.6 is 0 Å². The summed E-state index contributed by atoms with van der Waals surface area (Å²) in [6, 6.07) is 0. The predicted octanol–water partition coefficient (Wildman–Crippen LogP) is 1.57. The molecule has 1 aromatic heterocycles. The SMILES string of the molecule is Cc1noc(CCNCCOCCC(C)C)n1. The van der Waals surface area contributed by atoms with Crippen molar-refractivity contribution in [2.45, 2.75) is 33.6 Å². The van der Waals surface area contributed by atoms with Crippen molar-refractivity contribution in [2.24, 2.45) is 5.92 Å². The van der Waals surface area contributed by atoms with Gasteiger partial charge in [0.1, 0.15) is 0 Å². The van der Waals surface area contributed by atoms with Crippen LogP contribution in [0.2, 0.25) is 0 Å². The first-order chi connectivity index (χ1) is 8.18. The topological polar surface area (TPSA) is 60.2 Å². The van der Waals surface area contributed by atoms with Crippen LogP contribution in [0.5, 0.6) is 0 Å². The Morgan fingerprint density at radius 3 is 2.76 bits per heavy atom. The first-order valence-electron chi connectivity index (χ1n) is 6.26. The minimum Gasteiger partial charge on any atom is -0.380 e. The van der Waals surface area contributed by atoms with Crippen molar-refractivity contribution in [1.82, 2.24) is 15.5 Å². The van der Waals surface area contributed by atoms with E-state index in [0.29, 0.717) is 17.6 Å². The van der Waals surface area contributed by atoms with E-state index in [4.69, 9.17) is 9.26 Å². The number of hydrogen-bond acceptors (Lipinski definition) is 5. The highest BCUT2D eigenvalue weighted by atomic mass is 16.5. The fourth-order valence-corrected chi connectivity index (χ4v) is 1.33. The fraction of sp³-hybridized carbons (Fsp3) is 0.833. The maximum absolute atomic E-state index is 5.49. The lowest BCUT2D eigenvalue weighted by Gasteiger charge is -2.06. The minimum atomic E-state index is 0.690. The lowest BCUT2D eigenvalue weighted by molar-refractivity contribution is 0.125. The molecule has 0 amide bonds. The number of aromatic nitrogens is 2. The Morgan fingerprint density at radius 1 is 1.29 bits per heavy atom. The summed E-state index contributed by atoms with van der Waals surface area (Å²) in [5.41, 5.74) is 0. The first kappa shape index (κ1) is 14.1. The van der Waals surface area contributed by atoms with Crippen LogP contribution in [0.25, 0.3) is 0 Å². The van der Waals surface area contributed by atoms with Gasteiger partial charge in [-0.25, -0.2) is 0 Å². The maximum atomic E-state index is 5.49. The Morgan fingerprint density at radius 2 is 2.12 bits per heavy atom. The number of nitrogens with one attached hydrogen (secondary N) is 1. The molecule has 0 bridgehead atoms. The van der Waals surface area contributed by atoms with Gasteiger partial charge in [-0.2, -0.15) is 4.98 Å². The van der Waals surface area contributed by atoms with E-state index in [0.717, 1.165) is 39.1 Å². The van der Waals surface area contributed by atoms with Gasteiger partial charge in [0.2, 0.25) is 5.89 Å². The van der Waals surface area contributed by atoms with Gasteiger partial charge in [-0.1, -0.05) is 19.0 Å². The molecule has 0 atom stereocenters. The molecular weight excluding hydrogens is 218 g/mol. The van der Waals surface area contributed by atoms with E-state index in [9.17, 15) is 0 Å². The van der Waals surface area contributed by atoms with Crippen molar-refractivity contribution in [3.8, 4) is 0 Å². The van der Waals surface area contributed by atoms with Crippen molar-refractivity contribution < 1.29 is 9.26 Å². The zero-order valence-electron chi connectivity index (χ0n) is 11.0. The van der Waals surface area contributed by atoms with Gasteiger partial charge >= 0.3 is 0 Å². The number of aryl methyl sites for hydroxylation is 1. The van der Waals surface area contributed by atoms with Crippen LogP contribution in [0.3, 0.4) is 0 Å². The Balaban J connectivity index is 1.88. The number of rotatable bonds is 9. The molecule has 0 fully saturated rings. The lowest BCUT2D eigenvalue weighted by atomic mass is 10.1. The molecule has 0 aromatic carbocycles. The molecule has 0 saturated heterocycles. The molecule has 98 valence electrons. The second-order valence-corrected chi connectivity index (χ2v) is 4.53. The zero-order chi connectivity index (χ0) is 12.5. The van der Waals surface area contributed by atoms with Gasteiger partial charge in [0.15, 0.2) is 5.82 Å². The number of nitrogens with zero attached hydrogens (tertiary/aromatic N) is 2. The fourth-order valence-electron chi connectivity index (χ4n) is 1.33. The Hall–Kier alpha value is -0.940. The van der Waals surface area contributed by atoms with Gasteiger partial charge in [0, 0.05) is 26.1 Å². The summed E-state index contributed by atoms with van der Waals surface area (Å²) in [6.07, 6.45) is 1.90. The first-order valence-corrected chi connectivity index (χ1v) is 6.26. The van der Waals surface area contributed by atoms with Gasteiger partial charge in [0.05, 0.1) is 6.61 Å². The smallest absolute Gasteiger partial charge is 0.227 e. The van der Waals surface area contributed by atoms with Crippen LogP contribution in [0.15, 0.2) is 4.52 Å². The zero-order valence-corrected chi connectivity index (χ0v) is 11.0. The van der Waals surface area contributed by atoms with E-state index in [1.54, 1.807) is 0 Å². The standard InChI is InChI=1S/C12H23N3O2/c1-10(2)5-8-16-9-7-13-6-4-12-14-11(3)15-17-12/h10,13H,4-9H2,1-3H3. The monoisotopic (exact) mass is 241 g/mol. The van der Waals surface area contributed by atoms with Gasteiger partial charge < -0.3 is 14.6 Å². The van der Waals surface area contributed by atoms with Crippen molar-refractivity contribution >= 4 is 0 Å². The Kier molecular flexibility index (Phi) is 6.81. The highest BCUT2D eigenvalue weighted by Gasteiger charge is 2.01. The molecule has 1 aromatic rings. The van der Waals surface area contributed by atoms with E-state index < -0.39 is 0 Å². The number of ether oxygens (including phenoxy) is 1. The molecule has 0 aliphatic rings. The lowest BCUT2D eigenvalue weighted by Crippen LogP contribution is -2.22. The van der Waals surface area contributed by atoms with Crippen LogP contribution in [-0.2, 0) is 11.2 Å². The highest BCUT2D eigenvalue weighted by molar-refractivity contribution is 4.83. The van der Waals surface area contributed by atoms with Crippen LogP contribution in [0, 0.1) is 12.8 Å². The Bertz CT molecular complexity index is 300. The summed E-state index contributed by atoms with van der Waals surface area (Å²) in [4.78, 5) is 4.13. The summed E-state index contributed by atoms with van der Waals surface area (Å²) in [7, 11) is 0.